The van der Waals surface area contributed by atoms with E-state index in [1.807, 2.05) is 19.1 Å². The van der Waals surface area contributed by atoms with Crippen LogP contribution in [0, 0.1) is 6.42 Å². The van der Waals surface area contributed by atoms with Gasteiger partial charge in [-0.15, -0.1) is 0 Å². The van der Waals surface area contributed by atoms with Crippen molar-refractivity contribution in [1.29, 1.82) is 0 Å². The molecule has 2 rings (SSSR count). The van der Waals surface area contributed by atoms with Crippen LogP contribution in [0.1, 0.15) is 12.5 Å². The number of hydrogen-bond donors (Lipinski definition) is 0. The Morgan fingerprint density at radius 2 is 2.00 bits per heavy atom. The smallest absolute Gasteiger partial charge is 0.138 e. The Bertz CT molecular complexity index is 362. The molecule has 1 heterocycles. The topological polar surface area (TPSA) is 30.7 Å². The lowest BCUT2D eigenvalue weighted by Gasteiger charge is -2.00. The van der Waals surface area contributed by atoms with Gasteiger partial charge in [-0.3, -0.25) is 0 Å². The van der Waals surface area contributed by atoms with E-state index in [2.05, 4.69) is 28.6 Å². The van der Waals surface area contributed by atoms with Gasteiger partial charge in [0.1, 0.15) is 12.7 Å². The van der Waals surface area contributed by atoms with Crippen molar-refractivity contribution in [1.82, 2.24) is 14.8 Å². The maximum absolute atomic E-state index is 4.04. The van der Waals surface area contributed by atoms with Crippen LogP contribution in [-0.4, -0.2) is 14.8 Å². The maximum Gasteiger partial charge on any atom is 0.138 e. The number of benzene rings is 1. The molecule has 3 heteroatoms. The predicted octanol–water partition coefficient (Wildman–Crippen LogP) is 1.84. The molecule has 1 radical (unpaired) electrons. The van der Waals surface area contributed by atoms with Gasteiger partial charge >= 0.3 is 0 Å². The molecule has 0 fully saturated rings. The zero-order valence-electron chi connectivity index (χ0n) is 7.38. The lowest BCUT2D eigenvalue weighted by molar-refractivity contribution is 0.878. The molecule has 13 heavy (non-hydrogen) atoms. The van der Waals surface area contributed by atoms with Gasteiger partial charge in [0.25, 0.3) is 0 Å². The first-order valence-corrected chi connectivity index (χ1v) is 4.14. The van der Waals surface area contributed by atoms with E-state index in [1.165, 1.54) is 11.9 Å². The van der Waals surface area contributed by atoms with E-state index in [0.717, 1.165) is 5.69 Å². The zero-order chi connectivity index (χ0) is 9.10. The summed E-state index contributed by atoms with van der Waals surface area (Å²) in [7, 11) is 0. The molecule has 65 valence electrons. The van der Waals surface area contributed by atoms with Crippen molar-refractivity contribution >= 4 is 0 Å². The van der Waals surface area contributed by atoms with Gasteiger partial charge in [-0.25, -0.2) is 9.67 Å². The number of hydrogen-bond acceptors (Lipinski definition) is 2. The quantitative estimate of drug-likeness (QED) is 0.692. The first-order chi connectivity index (χ1) is 6.40. The Morgan fingerprint density at radius 3 is 2.54 bits per heavy atom. The third kappa shape index (κ3) is 1.59. The van der Waals surface area contributed by atoms with Crippen molar-refractivity contribution in [2.24, 2.45) is 0 Å². The lowest BCUT2D eigenvalue weighted by atomic mass is 10.1. The van der Waals surface area contributed by atoms with E-state index < -0.39 is 0 Å². The first kappa shape index (κ1) is 7.98. The molecule has 0 N–H and O–H groups in total. The zero-order valence-corrected chi connectivity index (χ0v) is 7.38. The minimum Gasteiger partial charge on any atom is -0.223 e. The summed E-state index contributed by atoms with van der Waals surface area (Å²) in [6.07, 6.45) is 5.27. The fourth-order valence-corrected chi connectivity index (χ4v) is 1.16. The predicted molar refractivity (Wildman–Crippen MR) is 50.4 cm³/mol. The van der Waals surface area contributed by atoms with Gasteiger partial charge in [-0.1, -0.05) is 19.1 Å². The fraction of sp³-hybridized carbons (Fsp3) is 0.100. The Balaban J connectivity index is 2.33. The summed E-state index contributed by atoms with van der Waals surface area (Å²) < 4.78 is 1.74. The Labute approximate surface area is 77.0 Å². The van der Waals surface area contributed by atoms with E-state index in [0.29, 0.717) is 0 Å². The van der Waals surface area contributed by atoms with Crippen molar-refractivity contribution < 1.29 is 0 Å². The largest absolute Gasteiger partial charge is 0.223 e. The first-order valence-electron chi connectivity index (χ1n) is 4.14. The van der Waals surface area contributed by atoms with E-state index in [1.54, 1.807) is 11.0 Å². The number of rotatable bonds is 2. The van der Waals surface area contributed by atoms with Crippen molar-refractivity contribution in [2.45, 2.75) is 6.92 Å². The minimum atomic E-state index is 1.03. The number of aromatic nitrogens is 3. The van der Waals surface area contributed by atoms with Crippen LogP contribution < -0.4 is 0 Å². The normalized spacial score (nSPS) is 10.2. The van der Waals surface area contributed by atoms with Crippen molar-refractivity contribution in [3.8, 4) is 5.69 Å². The molecule has 2 aromatic rings. The third-order valence-electron chi connectivity index (χ3n) is 1.91. The average Bonchev–Trinajstić information content (AvgIpc) is 2.71. The van der Waals surface area contributed by atoms with Crippen molar-refractivity contribution in [3.05, 3.63) is 48.9 Å². The highest BCUT2D eigenvalue weighted by Gasteiger charge is 1.95. The molecule has 1 aromatic carbocycles. The third-order valence-corrected chi connectivity index (χ3v) is 1.91. The Morgan fingerprint density at radius 1 is 1.23 bits per heavy atom. The summed E-state index contributed by atoms with van der Waals surface area (Å²) in [5.41, 5.74) is 2.24. The SMILES string of the molecule is C[CH]c1ccc(-n2cncn2)cc1. The Kier molecular flexibility index (Phi) is 2.08. The van der Waals surface area contributed by atoms with E-state index >= 15 is 0 Å². The summed E-state index contributed by atoms with van der Waals surface area (Å²) in [6, 6.07) is 8.14. The van der Waals surface area contributed by atoms with Crippen molar-refractivity contribution in [2.75, 3.05) is 0 Å². The summed E-state index contributed by atoms with van der Waals surface area (Å²) in [4.78, 5) is 3.89. The molecule has 0 bridgehead atoms. The van der Waals surface area contributed by atoms with Crippen LogP contribution in [-0.2, 0) is 0 Å². The highest BCUT2D eigenvalue weighted by atomic mass is 15.3. The van der Waals surface area contributed by atoms with Gasteiger partial charge in [0.05, 0.1) is 5.69 Å². The van der Waals surface area contributed by atoms with Crippen LogP contribution in [0.4, 0.5) is 0 Å². The molecule has 0 unspecified atom stereocenters. The summed E-state index contributed by atoms with van der Waals surface area (Å²) in [5, 5.41) is 4.04. The molecular weight excluding hydrogens is 162 g/mol. The van der Waals surface area contributed by atoms with Gasteiger partial charge in [-0.2, -0.15) is 5.10 Å². The summed E-state index contributed by atoms with van der Waals surface area (Å²) in [6.45, 7) is 2.02. The summed E-state index contributed by atoms with van der Waals surface area (Å²) >= 11 is 0. The molecule has 0 aliphatic rings. The van der Waals surface area contributed by atoms with Gasteiger partial charge < -0.3 is 0 Å². The number of nitrogens with zero attached hydrogens (tertiary/aromatic N) is 3. The molecular formula is C10H10N3. The molecule has 1 aromatic heterocycles. The second kappa shape index (κ2) is 3.39. The average molecular weight is 172 g/mol. The second-order valence-corrected chi connectivity index (χ2v) is 2.72. The van der Waals surface area contributed by atoms with Gasteiger partial charge in [0.15, 0.2) is 0 Å². The molecule has 0 aliphatic carbocycles. The fourth-order valence-electron chi connectivity index (χ4n) is 1.16. The molecule has 0 atom stereocenters. The summed E-state index contributed by atoms with van der Waals surface area (Å²) in [5.74, 6) is 0. The van der Waals surface area contributed by atoms with Crippen LogP contribution in [0.2, 0.25) is 0 Å². The van der Waals surface area contributed by atoms with E-state index in [-0.39, 0.29) is 0 Å². The minimum absolute atomic E-state index is 1.03. The monoisotopic (exact) mass is 172 g/mol. The second-order valence-electron chi connectivity index (χ2n) is 2.72. The molecule has 0 amide bonds. The van der Waals surface area contributed by atoms with Crippen molar-refractivity contribution in [3.63, 3.8) is 0 Å². The van der Waals surface area contributed by atoms with Crippen LogP contribution >= 0.6 is 0 Å². The van der Waals surface area contributed by atoms with Crippen LogP contribution in [0.5, 0.6) is 0 Å². The molecule has 0 aliphatic heterocycles. The highest BCUT2D eigenvalue weighted by Crippen LogP contribution is 2.08. The lowest BCUT2D eigenvalue weighted by Crippen LogP contribution is -1.93. The molecule has 0 saturated carbocycles. The van der Waals surface area contributed by atoms with Gasteiger partial charge in [-0.05, 0) is 24.1 Å². The highest BCUT2D eigenvalue weighted by molar-refractivity contribution is 5.35. The molecule has 3 nitrogen and oxygen atoms in total. The standard InChI is InChI=1S/C10H10N3/c1-2-9-3-5-10(6-4-9)13-8-11-7-12-13/h2-8H,1H3. The van der Waals surface area contributed by atoms with Gasteiger partial charge in [0.2, 0.25) is 0 Å². The van der Waals surface area contributed by atoms with E-state index in [4.69, 9.17) is 0 Å². The van der Waals surface area contributed by atoms with Crippen LogP contribution in [0.25, 0.3) is 5.69 Å². The van der Waals surface area contributed by atoms with E-state index in [9.17, 15) is 0 Å². The van der Waals surface area contributed by atoms with Gasteiger partial charge in [0, 0.05) is 0 Å². The molecule has 0 spiro atoms. The maximum atomic E-state index is 4.04. The molecule has 0 saturated heterocycles. The van der Waals surface area contributed by atoms with Crippen LogP contribution in [0.15, 0.2) is 36.9 Å². The van der Waals surface area contributed by atoms with Crippen LogP contribution in [0.3, 0.4) is 0 Å². The Hall–Kier alpha value is -1.64.